The highest BCUT2D eigenvalue weighted by Gasteiger charge is 2.27. The number of rotatable bonds is 5. The summed E-state index contributed by atoms with van der Waals surface area (Å²) in [7, 11) is 0. The first kappa shape index (κ1) is 35.2. The second kappa shape index (κ2) is 14.0. The van der Waals surface area contributed by atoms with E-state index in [9.17, 15) is 0 Å². The molecule has 63 heavy (non-hydrogen) atoms. The van der Waals surface area contributed by atoms with Gasteiger partial charge in [-0.05, 0) is 98.4 Å². The molecule has 13 rings (SSSR count). The van der Waals surface area contributed by atoms with Crippen LogP contribution in [0.15, 0.2) is 218 Å². The fourth-order valence-electron chi connectivity index (χ4n) is 9.73. The molecule has 1 aliphatic rings. The monoisotopic (exact) mass is 804 g/mol. The third-order valence-electron chi connectivity index (χ3n) is 12.6. The first-order chi connectivity index (χ1) is 31.2. The number of hydrogen-bond acceptors (Lipinski definition) is 4. The van der Waals surface area contributed by atoms with Crippen LogP contribution in [0.25, 0.3) is 93.7 Å². The van der Waals surface area contributed by atoms with Gasteiger partial charge in [-0.15, -0.1) is 0 Å². The van der Waals surface area contributed by atoms with Gasteiger partial charge in [-0.3, -0.25) is 4.57 Å². The van der Waals surface area contributed by atoms with Crippen molar-refractivity contribution in [2.45, 2.75) is 0 Å². The molecular weight excluding hydrogens is 769 g/mol. The largest absolute Gasteiger partial charge is 0.453 e. The van der Waals surface area contributed by atoms with Crippen LogP contribution in [0.4, 0.5) is 17.1 Å². The minimum Gasteiger partial charge on any atom is -0.453 e. The van der Waals surface area contributed by atoms with Crippen LogP contribution in [0, 0.1) is 0 Å². The second-order valence-corrected chi connectivity index (χ2v) is 16.1. The van der Waals surface area contributed by atoms with Crippen molar-refractivity contribution in [3.8, 4) is 51.0 Å². The predicted molar refractivity (Wildman–Crippen MR) is 260 cm³/mol. The van der Waals surface area contributed by atoms with Crippen LogP contribution in [-0.2, 0) is 0 Å². The van der Waals surface area contributed by atoms with Gasteiger partial charge < -0.3 is 9.64 Å². The molecule has 0 unspecified atom stereocenters. The number of nitrogens with zero attached hydrogens (tertiary/aromatic N) is 4. The molecule has 2 aromatic heterocycles. The van der Waals surface area contributed by atoms with Crippen molar-refractivity contribution in [3.63, 3.8) is 0 Å². The summed E-state index contributed by atoms with van der Waals surface area (Å²) >= 11 is 0. The summed E-state index contributed by atoms with van der Waals surface area (Å²) in [5.41, 5.74) is 12.5. The zero-order chi connectivity index (χ0) is 41.4. The van der Waals surface area contributed by atoms with Crippen molar-refractivity contribution in [2.24, 2.45) is 0 Å². The number of aromatic nitrogens is 3. The fraction of sp³-hybridized carbons (Fsp3) is 0. The molecule has 0 bridgehead atoms. The van der Waals surface area contributed by atoms with Gasteiger partial charge in [-0.25, -0.2) is 9.97 Å². The Kier molecular flexibility index (Phi) is 7.84. The highest BCUT2D eigenvalue weighted by Crippen LogP contribution is 2.52. The first-order valence-electron chi connectivity index (χ1n) is 21.3. The van der Waals surface area contributed by atoms with Crippen LogP contribution in [0.2, 0.25) is 0 Å². The zero-order valence-corrected chi connectivity index (χ0v) is 34.0. The Bertz CT molecular complexity index is 3770. The van der Waals surface area contributed by atoms with Crippen LogP contribution < -0.4 is 9.64 Å². The number of benzene rings is 10. The third kappa shape index (κ3) is 5.57. The van der Waals surface area contributed by atoms with Gasteiger partial charge in [0.25, 0.3) is 0 Å². The van der Waals surface area contributed by atoms with E-state index < -0.39 is 0 Å². The van der Waals surface area contributed by atoms with Crippen LogP contribution in [-0.4, -0.2) is 14.5 Å². The summed E-state index contributed by atoms with van der Waals surface area (Å²) in [6, 6.07) is 77.3. The molecule has 3 heterocycles. The standard InChI is InChI=1S/C58H36N4O/c1-2-17-42(18-3-1)61-49-25-10-11-27-53(49)63-54-35-33-41(36-52(54)61)46-23-13-26-50-56(46)55-45-20-7-5-15-38(45)32-34-51(55)62(50)58-59-48-24-9-8-21-47(48)57(60-58)40-30-28-39(29-31-40)44-22-12-16-37-14-4-6-19-43(37)44/h1-36H. The Morgan fingerprint density at radius 2 is 1.02 bits per heavy atom. The molecule has 0 N–H and O–H groups in total. The van der Waals surface area contributed by atoms with Gasteiger partial charge in [0.15, 0.2) is 11.5 Å². The topological polar surface area (TPSA) is 43.2 Å². The van der Waals surface area contributed by atoms with Crippen molar-refractivity contribution < 1.29 is 4.74 Å². The molecule has 0 spiro atoms. The zero-order valence-electron chi connectivity index (χ0n) is 34.0. The summed E-state index contributed by atoms with van der Waals surface area (Å²) in [6.45, 7) is 0. The maximum atomic E-state index is 6.56. The van der Waals surface area contributed by atoms with E-state index in [1.54, 1.807) is 0 Å². The van der Waals surface area contributed by atoms with Crippen LogP contribution in [0.1, 0.15) is 0 Å². The lowest BCUT2D eigenvalue weighted by molar-refractivity contribution is 0.477. The van der Waals surface area contributed by atoms with Gasteiger partial charge in [-0.1, -0.05) is 164 Å². The van der Waals surface area contributed by atoms with Crippen molar-refractivity contribution >= 4 is 71.3 Å². The van der Waals surface area contributed by atoms with E-state index in [1.165, 1.54) is 32.7 Å². The highest BCUT2D eigenvalue weighted by atomic mass is 16.5. The number of hydrogen-bond donors (Lipinski definition) is 0. The lowest BCUT2D eigenvalue weighted by Crippen LogP contribution is -2.15. The maximum Gasteiger partial charge on any atom is 0.235 e. The molecule has 12 aromatic rings. The van der Waals surface area contributed by atoms with Crippen molar-refractivity contribution in [3.05, 3.63) is 218 Å². The van der Waals surface area contributed by atoms with Crippen LogP contribution in [0.3, 0.4) is 0 Å². The fourth-order valence-corrected chi connectivity index (χ4v) is 9.73. The van der Waals surface area contributed by atoms with E-state index in [0.29, 0.717) is 5.95 Å². The molecule has 5 heteroatoms. The summed E-state index contributed by atoms with van der Waals surface area (Å²) in [4.78, 5) is 13.1. The summed E-state index contributed by atoms with van der Waals surface area (Å²) < 4.78 is 8.82. The smallest absolute Gasteiger partial charge is 0.235 e. The Labute approximate surface area is 363 Å². The number of para-hydroxylation sites is 4. The lowest BCUT2D eigenvalue weighted by atomic mass is 9.96. The van der Waals surface area contributed by atoms with E-state index in [4.69, 9.17) is 14.7 Å². The Morgan fingerprint density at radius 3 is 1.89 bits per heavy atom. The average molecular weight is 805 g/mol. The average Bonchev–Trinajstić information content (AvgIpc) is 3.70. The Morgan fingerprint density at radius 1 is 0.381 bits per heavy atom. The molecule has 0 saturated carbocycles. The summed E-state index contributed by atoms with van der Waals surface area (Å²) in [6.07, 6.45) is 0. The molecule has 0 saturated heterocycles. The first-order valence-corrected chi connectivity index (χ1v) is 21.3. The minimum absolute atomic E-state index is 0.625. The molecule has 0 fully saturated rings. The third-order valence-corrected chi connectivity index (χ3v) is 12.6. The van der Waals surface area contributed by atoms with Crippen LogP contribution in [0.5, 0.6) is 11.5 Å². The van der Waals surface area contributed by atoms with Crippen molar-refractivity contribution in [2.75, 3.05) is 4.90 Å². The number of fused-ring (bicyclic) bond motifs is 9. The minimum atomic E-state index is 0.625. The van der Waals surface area contributed by atoms with E-state index >= 15 is 0 Å². The summed E-state index contributed by atoms with van der Waals surface area (Å²) in [5, 5.41) is 8.14. The molecule has 0 aliphatic carbocycles. The molecule has 0 radical (unpaired) electrons. The van der Waals surface area contributed by atoms with Gasteiger partial charge in [0.2, 0.25) is 5.95 Å². The number of ether oxygens (including phenoxy) is 1. The number of anilines is 3. The molecule has 5 nitrogen and oxygen atoms in total. The Balaban J connectivity index is 1.03. The van der Waals surface area contributed by atoms with Gasteiger partial charge in [0.05, 0.1) is 33.6 Å². The summed E-state index contributed by atoms with van der Waals surface area (Å²) in [5.74, 6) is 2.26. The van der Waals surface area contributed by atoms with Gasteiger partial charge in [0, 0.05) is 27.4 Å². The maximum absolute atomic E-state index is 6.56. The predicted octanol–water partition coefficient (Wildman–Crippen LogP) is 15.6. The quantitative estimate of drug-likeness (QED) is 0.174. The molecule has 10 aromatic carbocycles. The molecule has 0 amide bonds. The van der Waals surface area contributed by atoms with Crippen molar-refractivity contribution in [1.82, 2.24) is 14.5 Å². The second-order valence-electron chi connectivity index (χ2n) is 16.1. The van der Waals surface area contributed by atoms with E-state index in [2.05, 4.69) is 216 Å². The van der Waals surface area contributed by atoms with E-state index in [-0.39, 0.29) is 0 Å². The SMILES string of the molecule is c1ccc(N2c3ccccc3Oc3ccc(-c4cccc5c4c4c6ccccc6ccc4n5-c4nc(-c5ccc(-c6cccc7ccccc67)cc5)c5ccccc5n4)cc32)cc1. The van der Waals surface area contributed by atoms with E-state index in [1.807, 2.05) is 12.1 Å². The van der Waals surface area contributed by atoms with Crippen LogP contribution >= 0.6 is 0 Å². The molecule has 0 atom stereocenters. The van der Waals surface area contributed by atoms with E-state index in [0.717, 1.165) is 83.7 Å². The molecular formula is C58H36N4O. The van der Waals surface area contributed by atoms with Gasteiger partial charge in [-0.2, -0.15) is 0 Å². The van der Waals surface area contributed by atoms with Gasteiger partial charge in [0.1, 0.15) is 0 Å². The molecule has 294 valence electrons. The highest BCUT2D eigenvalue weighted by molar-refractivity contribution is 6.25. The van der Waals surface area contributed by atoms with Gasteiger partial charge >= 0.3 is 0 Å². The van der Waals surface area contributed by atoms with Crippen molar-refractivity contribution in [1.29, 1.82) is 0 Å². The Hall–Kier alpha value is -8.54. The normalized spacial score (nSPS) is 12.2. The molecule has 1 aliphatic heterocycles. The lowest BCUT2D eigenvalue weighted by Gasteiger charge is -2.33.